The van der Waals surface area contributed by atoms with Crippen molar-refractivity contribution in [2.45, 2.75) is 0 Å². The molecular formula is C13H20N2O3S. The molecule has 6 heteroatoms. The van der Waals surface area contributed by atoms with E-state index in [0.717, 1.165) is 11.3 Å². The molecule has 0 fully saturated rings. The topological polar surface area (TPSA) is 79.0 Å². The second kappa shape index (κ2) is 8.82. The first-order valence-corrected chi connectivity index (χ1v) is 6.55. The second-order valence-corrected chi connectivity index (χ2v) is 4.47. The van der Waals surface area contributed by atoms with Crippen LogP contribution in [-0.2, 0) is 0 Å². The fourth-order valence-corrected chi connectivity index (χ4v) is 1.76. The molecule has 1 rings (SSSR count). The molecule has 0 aliphatic rings. The maximum atomic E-state index is 8.87. The van der Waals surface area contributed by atoms with Crippen molar-refractivity contribution in [3.05, 3.63) is 29.8 Å². The van der Waals surface area contributed by atoms with Gasteiger partial charge >= 0.3 is 0 Å². The summed E-state index contributed by atoms with van der Waals surface area (Å²) in [6, 6.07) is 7.27. The number of nitrogens with zero attached hydrogens (tertiary/aromatic N) is 1. The van der Waals surface area contributed by atoms with Gasteiger partial charge in [-0.3, -0.25) is 4.90 Å². The van der Waals surface area contributed by atoms with E-state index < -0.39 is 0 Å². The van der Waals surface area contributed by atoms with E-state index in [4.69, 9.17) is 32.9 Å². The largest absolute Gasteiger partial charge is 0.492 e. The minimum absolute atomic E-state index is 0.0721. The van der Waals surface area contributed by atoms with E-state index in [9.17, 15) is 0 Å². The normalized spacial score (nSPS) is 10.7. The molecule has 0 spiro atoms. The van der Waals surface area contributed by atoms with E-state index >= 15 is 0 Å². The van der Waals surface area contributed by atoms with Crippen LogP contribution in [0.1, 0.15) is 5.56 Å². The Labute approximate surface area is 118 Å². The van der Waals surface area contributed by atoms with Gasteiger partial charge < -0.3 is 20.7 Å². The molecule has 5 nitrogen and oxygen atoms in total. The van der Waals surface area contributed by atoms with Crippen molar-refractivity contribution in [1.29, 1.82) is 0 Å². The Hall–Kier alpha value is -1.21. The Morgan fingerprint density at radius 1 is 1.11 bits per heavy atom. The van der Waals surface area contributed by atoms with Gasteiger partial charge in [0.25, 0.3) is 0 Å². The van der Waals surface area contributed by atoms with Crippen molar-refractivity contribution in [3.63, 3.8) is 0 Å². The van der Waals surface area contributed by atoms with Gasteiger partial charge in [-0.2, -0.15) is 0 Å². The SMILES string of the molecule is NC(=S)c1ccc(OCCN(CCO)CCO)cc1. The van der Waals surface area contributed by atoms with Crippen LogP contribution < -0.4 is 10.5 Å². The van der Waals surface area contributed by atoms with Crippen LogP contribution >= 0.6 is 12.2 Å². The molecule has 0 aliphatic carbocycles. The summed E-state index contributed by atoms with van der Waals surface area (Å²) in [4.78, 5) is 2.30. The predicted molar refractivity (Wildman–Crippen MR) is 78.4 cm³/mol. The molecule has 0 aliphatic heterocycles. The average Bonchev–Trinajstić information content (AvgIpc) is 2.40. The Balaban J connectivity index is 2.37. The molecule has 0 radical (unpaired) electrons. The first-order chi connectivity index (χ1) is 9.17. The van der Waals surface area contributed by atoms with Gasteiger partial charge in [-0.05, 0) is 24.3 Å². The van der Waals surface area contributed by atoms with E-state index in [-0.39, 0.29) is 13.2 Å². The van der Waals surface area contributed by atoms with Crippen LogP contribution in [0.25, 0.3) is 0 Å². The Bertz CT molecular complexity index is 378. The maximum Gasteiger partial charge on any atom is 0.119 e. The summed E-state index contributed by atoms with van der Waals surface area (Å²) in [6.45, 7) is 2.35. The summed E-state index contributed by atoms with van der Waals surface area (Å²) in [6.07, 6.45) is 0. The minimum atomic E-state index is 0.0721. The molecule has 0 amide bonds. The number of nitrogens with two attached hydrogens (primary N) is 1. The number of ether oxygens (including phenoxy) is 1. The molecule has 0 saturated heterocycles. The molecule has 1 aromatic carbocycles. The third-order valence-corrected chi connectivity index (χ3v) is 2.88. The lowest BCUT2D eigenvalue weighted by Gasteiger charge is -2.20. The van der Waals surface area contributed by atoms with Gasteiger partial charge in [0.2, 0.25) is 0 Å². The quantitative estimate of drug-likeness (QED) is 0.553. The Morgan fingerprint density at radius 2 is 1.68 bits per heavy atom. The molecule has 19 heavy (non-hydrogen) atoms. The van der Waals surface area contributed by atoms with Crippen LogP contribution in [0.5, 0.6) is 5.75 Å². The molecule has 0 bridgehead atoms. The summed E-state index contributed by atoms with van der Waals surface area (Å²) >= 11 is 4.87. The van der Waals surface area contributed by atoms with Crippen molar-refractivity contribution in [1.82, 2.24) is 4.90 Å². The number of rotatable bonds is 9. The highest BCUT2D eigenvalue weighted by Crippen LogP contribution is 2.12. The first-order valence-electron chi connectivity index (χ1n) is 6.14. The van der Waals surface area contributed by atoms with Crippen LogP contribution in [0.2, 0.25) is 0 Å². The number of hydrogen-bond acceptors (Lipinski definition) is 5. The van der Waals surface area contributed by atoms with Crippen LogP contribution in [0, 0.1) is 0 Å². The summed E-state index contributed by atoms with van der Waals surface area (Å²) in [5.41, 5.74) is 6.32. The first kappa shape index (κ1) is 15.8. The Kier molecular flexibility index (Phi) is 7.35. The zero-order valence-electron chi connectivity index (χ0n) is 10.8. The summed E-state index contributed by atoms with van der Waals surface area (Å²) in [7, 11) is 0. The third kappa shape index (κ3) is 5.98. The van der Waals surface area contributed by atoms with E-state index in [1.165, 1.54) is 0 Å². The highest BCUT2D eigenvalue weighted by Gasteiger charge is 2.04. The average molecular weight is 284 g/mol. The van der Waals surface area contributed by atoms with Gasteiger partial charge in [-0.15, -0.1) is 0 Å². The summed E-state index contributed by atoms with van der Waals surface area (Å²) < 4.78 is 5.57. The lowest BCUT2D eigenvalue weighted by Crippen LogP contribution is -2.33. The number of hydrogen-bond donors (Lipinski definition) is 3. The number of aliphatic hydroxyl groups is 2. The lowest BCUT2D eigenvalue weighted by atomic mass is 10.2. The molecule has 1 aromatic rings. The van der Waals surface area contributed by atoms with E-state index in [0.29, 0.717) is 31.2 Å². The van der Waals surface area contributed by atoms with Gasteiger partial charge in [-0.1, -0.05) is 12.2 Å². The van der Waals surface area contributed by atoms with Crippen molar-refractivity contribution in [3.8, 4) is 5.75 Å². The maximum absolute atomic E-state index is 8.87. The summed E-state index contributed by atoms with van der Waals surface area (Å²) in [5, 5.41) is 17.7. The fourth-order valence-electron chi connectivity index (χ4n) is 1.63. The molecule has 0 unspecified atom stereocenters. The zero-order valence-corrected chi connectivity index (χ0v) is 11.6. The number of benzene rings is 1. The van der Waals surface area contributed by atoms with Crippen molar-refractivity contribution >= 4 is 17.2 Å². The zero-order chi connectivity index (χ0) is 14.1. The number of thiocarbonyl (C=S) groups is 1. The monoisotopic (exact) mass is 284 g/mol. The van der Waals surface area contributed by atoms with E-state index in [1.807, 2.05) is 29.2 Å². The standard InChI is InChI=1S/C13H20N2O3S/c14-13(19)11-1-3-12(4-2-11)18-10-7-15(5-8-16)6-9-17/h1-4,16-17H,5-10H2,(H2,14,19). The molecule has 0 aromatic heterocycles. The number of aliphatic hydroxyl groups excluding tert-OH is 2. The smallest absolute Gasteiger partial charge is 0.119 e. The van der Waals surface area contributed by atoms with Gasteiger partial charge in [0.15, 0.2) is 0 Å². The van der Waals surface area contributed by atoms with Gasteiger partial charge in [0.1, 0.15) is 17.3 Å². The van der Waals surface area contributed by atoms with Gasteiger partial charge in [-0.25, -0.2) is 0 Å². The molecule has 4 N–H and O–H groups in total. The van der Waals surface area contributed by atoms with Crippen molar-refractivity contribution in [2.75, 3.05) is 39.5 Å². The van der Waals surface area contributed by atoms with E-state index in [2.05, 4.69) is 0 Å². The van der Waals surface area contributed by atoms with Crippen molar-refractivity contribution < 1.29 is 14.9 Å². The van der Waals surface area contributed by atoms with Crippen LogP contribution in [0.3, 0.4) is 0 Å². The van der Waals surface area contributed by atoms with E-state index in [1.54, 1.807) is 0 Å². The Morgan fingerprint density at radius 3 is 2.16 bits per heavy atom. The molecule has 106 valence electrons. The van der Waals surface area contributed by atoms with Gasteiger partial charge in [0.05, 0.1) is 13.2 Å². The lowest BCUT2D eigenvalue weighted by molar-refractivity contribution is 0.141. The van der Waals surface area contributed by atoms with Crippen LogP contribution in [0.15, 0.2) is 24.3 Å². The highest BCUT2D eigenvalue weighted by molar-refractivity contribution is 7.80. The van der Waals surface area contributed by atoms with Crippen LogP contribution in [-0.4, -0.2) is 59.6 Å². The molecule has 0 saturated carbocycles. The highest BCUT2D eigenvalue weighted by atomic mass is 32.1. The van der Waals surface area contributed by atoms with Gasteiger partial charge in [0, 0.05) is 25.2 Å². The molecular weight excluding hydrogens is 264 g/mol. The predicted octanol–water partition coefficient (Wildman–Crippen LogP) is -0.0138. The molecule has 0 heterocycles. The summed E-state index contributed by atoms with van der Waals surface area (Å²) in [5.74, 6) is 0.743. The molecule has 0 atom stereocenters. The third-order valence-electron chi connectivity index (χ3n) is 2.65. The van der Waals surface area contributed by atoms with Crippen molar-refractivity contribution in [2.24, 2.45) is 5.73 Å². The van der Waals surface area contributed by atoms with Crippen LogP contribution in [0.4, 0.5) is 0 Å². The second-order valence-electron chi connectivity index (χ2n) is 4.03. The minimum Gasteiger partial charge on any atom is -0.492 e. The fraction of sp³-hybridized carbons (Fsp3) is 0.462.